The summed E-state index contributed by atoms with van der Waals surface area (Å²) in [5, 5.41) is 0. The number of para-hydroxylation sites is 2. The zero-order chi connectivity index (χ0) is 16.0. The third kappa shape index (κ3) is 2.12. The summed E-state index contributed by atoms with van der Waals surface area (Å²) in [6.45, 7) is 2.61. The van der Waals surface area contributed by atoms with Gasteiger partial charge in [0.05, 0.1) is 24.1 Å². The third-order valence-electron chi connectivity index (χ3n) is 5.33. The predicted octanol–water partition coefficient (Wildman–Crippen LogP) is 3.18. The van der Waals surface area contributed by atoms with E-state index in [1.165, 1.54) is 4.90 Å². The maximum Gasteiger partial charge on any atom is 0.238 e. The number of allylic oxidation sites excluding steroid dienone is 2. The third-order valence-corrected chi connectivity index (χ3v) is 5.33. The maximum atomic E-state index is 13.0. The summed E-state index contributed by atoms with van der Waals surface area (Å²) < 4.78 is 5.76. The fourth-order valence-corrected chi connectivity index (χ4v) is 4.29. The van der Waals surface area contributed by atoms with Gasteiger partial charge < -0.3 is 4.74 Å². The molecule has 1 saturated carbocycles. The van der Waals surface area contributed by atoms with E-state index < -0.39 is 0 Å². The van der Waals surface area contributed by atoms with Crippen LogP contribution in [0.4, 0.5) is 5.69 Å². The van der Waals surface area contributed by atoms with Crippen LogP contribution in [0.25, 0.3) is 0 Å². The van der Waals surface area contributed by atoms with Crippen molar-refractivity contribution in [3.05, 3.63) is 36.4 Å². The molecular weight excluding hydrogens is 290 g/mol. The van der Waals surface area contributed by atoms with Gasteiger partial charge in [-0.2, -0.15) is 0 Å². The van der Waals surface area contributed by atoms with Crippen molar-refractivity contribution in [2.45, 2.75) is 26.2 Å². The van der Waals surface area contributed by atoms with Crippen molar-refractivity contribution < 1.29 is 14.3 Å². The van der Waals surface area contributed by atoms with E-state index in [2.05, 4.69) is 12.2 Å². The van der Waals surface area contributed by atoms with Crippen molar-refractivity contribution in [3.63, 3.8) is 0 Å². The number of hydrogen-bond donors (Lipinski definition) is 0. The highest BCUT2D eigenvalue weighted by atomic mass is 16.5. The molecule has 4 nitrogen and oxygen atoms in total. The molecule has 0 spiro atoms. The Morgan fingerprint density at radius 1 is 1.04 bits per heavy atom. The number of hydrogen-bond acceptors (Lipinski definition) is 3. The Morgan fingerprint density at radius 3 is 2.22 bits per heavy atom. The lowest BCUT2D eigenvalue weighted by molar-refractivity contribution is -0.124. The van der Waals surface area contributed by atoms with Gasteiger partial charge in [-0.1, -0.05) is 31.2 Å². The van der Waals surface area contributed by atoms with E-state index in [4.69, 9.17) is 4.74 Å². The maximum absolute atomic E-state index is 13.0. The first-order valence-electron chi connectivity index (χ1n) is 8.50. The van der Waals surface area contributed by atoms with E-state index in [0.717, 1.165) is 19.3 Å². The topological polar surface area (TPSA) is 46.6 Å². The second kappa shape index (κ2) is 5.52. The number of benzene rings is 1. The standard InChI is InChI=1S/C19H21NO3/c1-2-11-23-15-6-4-3-5-14(15)20-18(21)16-12-7-8-13(10-9-12)17(16)19(20)22/h3-8,12-13,16-17H,2,9-11H2,1H3/t12-,13-,16-,17-/m1/s1. The number of ether oxygens (including phenoxy) is 1. The largest absolute Gasteiger partial charge is 0.491 e. The molecule has 1 heterocycles. The molecule has 0 aromatic heterocycles. The van der Waals surface area contributed by atoms with E-state index in [-0.39, 0.29) is 35.5 Å². The van der Waals surface area contributed by atoms with Gasteiger partial charge in [-0.05, 0) is 43.2 Å². The van der Waals surface area contributed by atoms with E-state index >= 15 is 0 Å². The van der Waals surface area contributed by atoms with Crippen LogP contribution in [-0.4, -0.2) is 18.4 Å². The molecule has 23 heavy (non-hydrogen) atoms. The van der Waals surface area contributed by atoms with E-state index in [1.807, 2.05) is 31.2 Å². The Hall–Kier alpha value is -2.10. The quantitative estimate of drug-likeness (QED) is 0.634. The monoisotopic (exact) mass is 311 g/mol. The Bertz CT molecular complexity index is 649. The predicted molar refractivity (Wildman–Crippen MR) is 87.1 cm³/mol. The summed E-state index contributed by atoms with van der Waals surface area (Å²) in [6.07, 6.45) is 7.20. The highest BCUT2D eigenvalue weighted by molar-refractivity contribution is 6.23. The first-order chi connectivity index (χ1) is 11.2. The van der Waals surface area contributed by atoms with Gasteiger partial charge in [0.25, 0.3) is 0 Å². The molecule has 2 bridgehead atoms. The van der Waals surface area contributed by atoms with Gasteiger partial charge in [0.2, 0.25) is 11.8 Å². The fourth-order valence-electron chi connectivity index (χ4n) is 4.29. The minimum atomic E-state index is -0.175. The Morgan fingerprint density at radius 2 is 1.65 bits per heavy atom. The first kappa shape index (κ1) is 14.5. The van der Waals surface area contributed by atoms with E-state index in [9.17, 15) is 9.59 Å². The summed E-state index contributed by atoms with van der Waals surface area (Å²) >= 11 is 0. The summed E-state index contributed by atoms with van der Waals surface area (Å²) in [6, 6.07) is 7.37. The van der Waals surface area contributed by atoms with Crippen molar-refractivity contribution >= 4 is 17.5 Å². The number of rotatable bonds is 4. The van der Waals surface area contributed by atoms with E-state index in [0.29, 0.717) is 18.0 Å². The zero-order valence-electron chi connectivity index (χ0n) is 13.3. The van der Waals surface area contributed by atoms with Crippen LogP contribution in [0.2, 0.25) is 0 Å². The Kier molecular flexibility index (Phi) is 3.47. The molecule has 1 aliphatic heterocycles. The molecule has 4 aliphatic rings. The fraction of sp³-hybridized carbons (Fsp3) is 0.474. The van der Waals surface area contributed by atoms with E-state index in [1.54, 1.807) is 0 Å². The Labute approximate surface area is 136 Å². The molecule has 0 N–H and O–H groups in total. The minimum absolute atomic E-state index is 0.0494. The van der Waals surface area contributed by atoms with Gasteiger partial charge in [-0.3, -0.25) is 9.59 Å². The van der Waals surface area contributed by atoms with Gasteiger partial charge in [0, 0.05) is 0 Å². The van der Waals surface area contributed by atoms with Crippen LogP contribution in [0.3, 0.4) is 0 Å². The summed E-state index contributed by atoms with van der Waals surface area (Å²) in [4.78, 5) is 27.4. The van der Waals surface area contributed by atoms with Crippen LogP contribution in [0.5, 0.6) is 5.75 Å². The summed E-state index contributed by atoms with van der Waals surface area (Å²) in [7, 11) is 0. The van der Waals surface area contributed by atoms with Gasteiger partial charge >= 0.3 is 0 Å². The SMILES string of the molecule is CCCOc1ccccc1N1C(=O)[C@H]2[C@H](C1=O)[C@@H]1C=C[C@@H]2CC1. The molecule has 1 aromatic rings. The summed E-state index contributed by atoms with van der Waals surface area (Å²) in [5.41, 5.74) is 0.602. The molecule has 0 radical (unpaired) electrons. The lowest BCUT2D eigenvalue weighted by Gasteiger charge is -2.38. The van der Waals surface area contributed by atoms with Crippen LogP contribution < -0.4 is 9.64 Å². The molecule has 1 aromatic carbocycles. The van der Waals surface area contributed by atoms with Crippen molar-refractivity contribution in [2.24, 2.45) is 23.7 Å². The Balaban J connectivity index is 1.71. The number of carbonyl (C=O) groups excluding carboxylic acids is 2. The molecule has 0 unspecified atom stereocenters. The highest BCUT2D eigenvalue weighted by Crippen LogP contribution is 2.51. The molecular formula is C19H21NO3. The van der Waals surface area contributed by atoms with Crippen molar-refractivity contribution in [1.29, 1.82) is 0 Å². The molecule has 4 atom stereocenters. The van der Waals surface area contributed by atoms with Crippen LogP contribution >= 0.6 is 0 Å². The van der Waals surface area contributed by atoms with Crippen molar-refractivity contribution in [3.8, 4) is 5.75 Å². The number of fused-ring (bicyclic) bond motifs is 1. The number of nitrogens with zero attached hydrogens (tertiary/aromatic N) is 1. The van der Waals surface area contributed by atoms with Gasteiger partial charge in [0.15, 0.2) is 0 Å². The highest BCUT2D eigenvalue weighted by Gasteiger charge is 2.57. The molecule has 3 aliphatic carbocycles. The normalized spacial score (nSPS) is 31.6. The molecule has 120 valence electrons. The van der Waals surface area contributed by atoms with Crippen LogP contribution in [0, 0.1) is 23.7 Å². The number of amides is 2. The summed E-state index contributed by atoms with van der Waals surface area (Å²) in [5.74, 6) is 0.606. The van der Waals surface area contributed by atoms with Crippen molar-refractivity contribution in [1.82, 2.24) is 0 Å². The lowest BCUT2D eigenvalue weighted by Crippen LogP contribution is -2.38. The molecule has 4 heteroatoms. The van der Waals surface area contributed by atoms with Crippen LogP contribution in [0.1, 0.15) is 26.2 Å². The van der Waals surface area contributed by atoms with Gasteiger partial charge in [-0.15, -0.1) is 0 Å². The average molecular weight is 311 g/mol. The second-order valence-corrected chi connectivity index (χ2v) is 6.67. The molecule has 2 fully saturated rings. The second-order valence-electron chi connectivity index (χ2n) is 6.67. The number of carbonyl (C=O) groups is 2. The lowest BCUT2D eigenvalue weighted by atomic mass is 9.63. The number of imide groups is 1. The smallest absolute Gasteiger partial charge is 0.238 e. The zero-order valence-corrected chi connectivity index (χ0v) is 13.3. The average Bonchev–Trinajstić information content (AvgIpc) is 2.88. The minimum Gasteiger partial charge on any atom is -0.491 e. The van der Waals surface area contributed by atoms with Crippen LogP contribution in [-0.2, 0) is 9.59 Å². The molecule has 2 amide bonds. The molecule has 5 rings (SSSR count). The molecule has 1 saturated heterocycles. The van der Waals surface area contributed by atoms with Crippen molar-refractivity contribution in [2.75, 3.05) is 11.5 Å². The van der Waals surface area contributed by atoms with Gasteiger partial charge in [-0.25, -0.2) is 4.90 Å². The first-order valence-corrected chi connectivity index (χ1v) is 8.50. The van der Waals surface area contributed by atoms with Crippen LogP contribution in [0.15, 0.2) is 36.4 Å². The van der Waals surface area contributed by atoms with Gasteiger partial charge in [0.1, 0.15) is 5.75 Å². The number of anilines is 1.